The summed E-state index contributed by atoms with van der Waals surface area (Å²) in [4.78, 5) is 25.5. The number of rotatable bonds is 17. The first-order valence-electron chi connectivity index (χ1n) is 19.1. The van der Waals surface area contributed by atoms with Crippen molar-refractivity contribution in [3.8, 4) is 11.1 Å². The first kappa shape index (κ1) is 38.9. The minimum Gasteiger partial charge on any atom is -0.481 e. The Hall–Kier alpha value is -4.86. The van der Waals surface area contributed by atoms with Crippen LogP contribution in [0.2, 0.25) is 0 Å². The van der Waals surface area contributed by atoms with Gasteiger partial charge in [-0.25, -0.2) is 0 Å². The molecule has 4 unspecified atom stereocenters. The summed E-state index contributed by atoms with van der Waals surface area (Å²) >= 11 is 0. The molecule has 0 aromatic heterocycles. The van der Waals surface area contributed by atoms with Crippen LogP contribution in [-0.4, -0.2) is 46.7 Å². The number of carboxylic acid groups (broad SMARTS) is 1. The van der Waals surface area contributed by atoms with Crippen LogP contribution in [0.5, 0.6) is 0 Å². The molecule has 5 aromatic rings. The van der Waals surface area contributed by atoms with Crippen LogP contribution >= 0.6 is 0 Å². The highest BCUT2D eigenvalue weighted by Crippen LogP contribution is 2.39. The van der Waals surface area contributed by atoms with Crippen molar-refractivity contribution >= 4 is 22.6 Å². The van der Waals surface area contributed by atoms with Crippen LogP contribution in [0.25, 0.3) is 21.9 Å². The van der Waals surface area contributed by atoms with E-state index in [1.54, 1.807) is 0 Å². The number of carboxylic acids is 1. The summed E-state index contributed by atoms with van der Waals surface area (Å²) in [5, 5.41) is 23.9. The number of aliphatic carboxylic acids is 1. The molecule has 0 saturated carbocycles. The second kappa shape index (κ2) is 18.9. The normalized spacial score (nSPS) is 17.7. The number of hydrogen-bond donors (Lipinski definition) is 3. The third-order valence-electron chi connectivity index (χ3n) is 10.5. The summed E-state index contributed by atoms with van der Waals surface area (Å²) in [6, 6.07) is 39.8. The fourth-order valence-corrected chi connectivity index (χ4v) is 7.16. The molecule has 8 heteroatoms. The van der Waals surface area contributed by atoms with Gasteiger partial charge in [0.05, 0.1) is 18.8 Å². The predicted octanol–water partition coefficient (Wildman–Crippen LogP) is 9.28. The molecule has 3 N–H and O–H groups in total. The number of fused-ring (bicyclic) bond motifs is 1. The van der Waals surface area contributed by atoms with Crippen molar-refractivity contribution in [3.05, 3.63) is 143 Å². The second-order valence-electron chi connectivity index (χ2n) is 14.5. The minimum absolute atomic E-state index is 0.000331. The molecule has 8 nitrogen and oxygen atoms in total. The van der Waals surface area contributed by atoms with Gasteiger partial charge in [-0.1, -0.05) is 110 Å². The van der Waals surface area contributed by atoms with E-state index in [1.165, 1.54) is 16.3 Å². The van der Waals surface area contributed by atoms with E-state index in [0.29, 0.717) is 25.8 Å². The van der Waals surface area contributed by atoms with E-state index in [2.05, 4.69) is 97.0 Å². The SMILES string of the molecule is CC(c1ccc2ccccc2c1)N(C)CC1CC(c2ccc(CO)cc2)OC(c2cccc(-c3cccc(CNC(=O)CCCCCCC(=O)O)c3)c2)O1. The van der Waals surface area contributed by atoms with Gasteiger partial charge in [0.1, 0.15) is 0 Å². The molecule has 1 fully saturated rings. The van der Waals surface area contributed by atoms with E-state index >= 15 is 0 Å². The topological polar surface area (TPSA) is 108 Å². The number of aliphatic hydroxyl groups is 1. The number of aliphatic hydroxyl groups excluding tert-OH is 1. The Morgan fingerprint density at radius 3 is 2.24 bits per heavy atom. The summed E-state index contributed by atoms with van der Waals surface area (Å²) in [7, 11) is 2.15. The van der Waals surface area contributed by atoms with Crippen molar-refractivity contribution in [1.82, 2.24) is 10.2 Å². The summed E-state index contributed by atoms with van der Waals surface area (Å²) in [5.41, 5.74) is 7.18. The van der Waals surface area contributed by atoms with E-state index in [9.17, 15) is 14.7 Å². The number of unbranched alkanes of at least 4 members (excludes halogenated alkanes) is 3. The van der Waals surface area contributed by atoms with Crippen LogP contribution in [-0.2, 0) is 32.2 Å². The van der Waals surface area contributed by atoms with E-state index < -0.39 is 12.3 Å². The third kappa shape index (κ3) is 10.6. The molecular weight excluding hydrogens is 677 g/mol. The van der Waals surface area contributed by atoms with E-state index in [4.69, 9.17) is 14.6 Å². The molecular formula is C46H52N2O6. The van der Waals surface area contributed by atoms with Crippen LogP contribution in [0.1, 0.15) is 98.1 Å². The minimum atomic E-state index is -0.775. The monoisotopic (exact) mass is 728 g/mol. The maximum Gasteiger partial charge on any atom is 0.303 e. The average Bonchev–Trinajstić information content (AvgIpc) is 3.20. The highest BCUT2D eigenvalue weighted by molar-refractivity contribution is 5.83. The van der Waals surface area contributed by atoms with Gasteiger partial charge in [0.15, 0.2) is 6.29 Å². The molecule has 1 aliphatic heterocycles. The first-order chi connectivity index (χ1) is 26.2. The molecule has 0 spiro atoms. The molecule has 4 atom stereocenters. The zero-order valence-corrected chi connectivity index (χ0v) is 31.3. The maximum absolute atomic E-state index is 12.5. The fraction of sp³-hybridized carbons (Fsp3) is 0.348. The molecule has 0 aliphatic carbocycles. The molecule has 1 amide bonds. The van der Waals surface area contributed by atoms with Crippen LogP contribution in [0.3, 0.4) is 0 Å². The van der Waals surface area contributed by atoms with Gasteiger partial charge in [-0.3, -0.25) is 14.5 Å². The Morgan fingerprint density at radius 2 is 1.48 bits per heavy atom. The Balaban J connectivity index is 1.13. The molecule has 54 heavy (non-hydrogen) atoms. The van der Waals surface area contributed by atoms with Crippen molar-refractivity contribution in [2.75, 3.05) is 13.6 Å². The lowest BCUT2D eigenvalue weighted by atomic mass is 9.97. The summed E-state index contributed by atoms with van der Waals surface area (Å²) in [6.45, 7) is 3.39. The standard InChI is InChI=1S/C46H52N2O6/c1-32(37-24-23-35-12-7-8-13-39(35)26-37)48(2)30-42-28-43(36-21-19-33(31-49)20-22-36)54-46(53-42)41-16-10-15-40(27-41)38-14-9-11-34(25-38)29-47-44(50)17-5-3-4-6-18-45(51)52/h7-16,19-27,32,42-43,46,49H,3-6,17-18,28-31H2,1-2H3,(H,47,50)(H,51,52). The van der Waals surface area contributed by atoms with Crippen molar-refractivity contribution in [2.24, 2.45) is 0 Å². The van der Waals surface area contributed by atoms with Crippen LogP contribution in [0.15, 0.2) is 115 Å². The largest absolute Gasteiger partial charge is 0.481 e. The number of benzene rings is 5. The lowest BCUT2D eigenvalue weighted by Gasteiger charge is -2.39. The highest BCUT2D eigenvalue weighted by Gasteiger charge is 2.33. The molecule has 6 rings (SSSR count). The number of amides is 1. The number of ether oxygens (including phenoxy) is 2. The quantitative estimate of drug-likeness (QED) is 0.0820. The van der Waals surface area contributed by atoms with Crippen molar-refractivity contribution in [2.45, 2.75) is 89.6 Å². The Labute approximate surface area is 318 Å². The van der Waals surface area contributed by atoms with Gasteiger partial charge in [0.25, 0.3) is 0 Å². The lowest BCUT2D eigenvalue weighted by molar-refractivity contribution is -0.253. The van der Waals surface area contributed by atoms with Gasteiger partial charge in [-0.05, 0) is 89.2 Å². The van der Waals surface area contributed by atoms with Crippen molar-refractivity contribution in [1.29, 1.82) is 0 Å². The molecule has 0 radical (unpaired) electrons. The van der Waals surface area contributed by atoms with Gasteiger partial charge in [-0.15, -0.1) is 0 Å². The highest BCUT2D eigenvalue weighted by atomic mass is 16.7. The van der Waals surface area contributed by atoms with E-state index in [-0.39, 0.29) is 37.2 Å². The molecule has 282 valence electrons. The summed E-state index contributed by atoms with van der Waals surface area (Å²) in [6.07, 6.45) is 3.50. The fourth-order valence-electron chi connectivity index (χ4n) is 7.16. The molecule has 1 heterocycles. The van der Waals surface area contributed by atoms with E-state index in [0.717, 1.165) is 59.2 Å². The Bertz CT molecular complexity index is 2000. The smallest absolute Gasteiger partial charge is 0.303 e. The zero-order chi connectivity index (χ0) is 37.9. The van der Waals surface area contributed by atoms with Crippen molar-refractivity contribution < 1.29 is 29.3 Å². The number of nitrogens with one attached hydrogen (secondary N) is 1. The maximum atomic E-state index is 12.5. The Kier molecular flexibility index (Phi) is 13.6. The molecule has 1 aliphatic rings. The Morgan fingerprint density at radius 1 is 0.759 bits per heavy atom. The lowest BCUT2D eigenvalue weighted by Crippen LogP contribution is -2.38. The molecule has 5 aromatic carbocycles. The second-order valence-corrected chi connectivity index (χ2v) is 14.5. The van der Waals surface area contributed by atoms with Crippen molar-refractivity contribution in [3.63, 3.8) is 0 Å². The number of nitrogens with zero attached hydrogens (tertiary/aromatic N) is 1. The zero-order valence-electron chi connectivity index (χ0n) is 31.3. The number of carbonyl (C=O) groups excluding carboxylic acids is 1. The number of likely N-dealkylation sites (N-methyl/N-ethyl adjacent to an activating group) is 1. The van der Waals surface area contributed by atoms with Crippen LogP contribution in [0.4, 0.5) is 0 Å². The van der Waals surface area contributed by atoms with Gasteiger partial charge in [0.2, 0.25) is 5.91 Å². The predicted molar refractivity (Wildman–Crippen MR) is 212 cm³/mol. The van der Waals surface area contributed by atoms with Crippen LogP contribution < -0.4 is 5.32 Å². The molecule has 0 bridgehead atoms. The van der Waals surface area contributed by atoms with Gasteiger partial charge in [0, 0.05) is 44.0 Å². The van der Waals surface area contributed by atoms with Crippen LogP contribution in [0, 0.1) is 0 Å². The number of hydrogen-bond acceptors (Lipinski definition) is 6. The number of carbonyl (C=O) groups is 2. The van der Waals surface area contributed by atoms with E-state index in [1.807, 2.05) is 42.5 Å². The van der Waals surface area contributed by atoms with Gasteiger partial charge < -0.3 is 25.0 Å². The first-order valence-corrected chi connectivity index (χ1v) is 19.1. The van der Waals surface area contributed by atoms with Gasteiger partial charge in [-0.2, -0.15) is 0 Å². The van der Waals surface area contributed by atoms with Gasteiger partial charge >= 0.3 is 5.97 Å². The summed E-state index contributed by atoms with van der Waals surface area (Å²) in [5.74, 6) is -0.775. The molecule has 1 saturated heterocycles. The average molecular weight is 729 g/mol. The summed E-state index contributed by atoms with van der Waals surface area (Å²) < 4.78 is 13.5. The third-order valence-corrected chi connectivity index (χ3v) is 10.5.